The summed E-state index contributed by atoms with van der Waals surface area (Å²) >= 11 is 0. The van der Waals surface area contributed by atoms with Crippen LogP contribution in [-0.4, -0.2) is 26.4 Å². The molecule has 0 saturated heterocycles. The van der Waals surface area contributed by atoms with Crippen LogP contribution >= 0.6 is 0 Å². The van der Waals surface area contributed by atoms with E-state index in [-0.39, 0.29) is 11.4 Å². The molecule has 0 saturated carbocycles. The second-order valence-corrected chi connectivity index (χ2v) is 4.78. The minimum atomic E-state index is -0.475. The van der Waals surface area contributed by atoms with Crippen molar-refractivity contribution in [3.63, 3.8) is 0 Å². The third-order valence-corrected chi connectivity index (χ3v) is 3.07. The first-order valence-electron chi connectivity index (χ1n) is 6.15. The first kappa shape index (κ1) is 14.0. The van der Waals surface area contributed by atoms with Crippen molar-refractivity contribution < 1.29 is 4.92 Å². The number of imidazole rings is 1. The van der Waals surface area contributed by atoms with Crippen molar-refractivity contribution >= 4 is 11.4 Å². The topological polar surface area (TPSA) is 90.2 Å². The molecule has 0 unspecified atom stereocenters. The van der Waals surface area contributed by atoms with E-state index in [0.29, 0.717) is 13.1 Å². The van der Waals surface area contributed by atoms with Crippen molar-refractivity contribution in [2.24, 2.45) is 7.05 Å². The van der Waals surface area contributed by atoms with Crippen LogP contribution in [0.25, 0.3) is 0 Å². The molecule has 2 aromatic rings. The highest BCUT2D eigenvalue weighted by Gasteiger charge is 2.12. The van der Waals surface area contributed by atoms with E-state index in [0.717, 1.165) is 11.4 Å². The van der Waals surface area contributed by atoms with Gasteiger partial charge in [0.1, 0.15) is 11.5 Å². The van der Waals surface area contributed by atoms with Gasteiger partial charge >= 0.3 is 0 Å². The summed E-state index contributed by atoms with van der Waals surface area (Å²) in [6, 6.07) is 4.82. The van der Waals surface area contributed by atoms with Gasteiger partial charge in [-0.15, -0.1) is 0 Å². The van der Waals surface area contributed by atoms with Crippen LogP contribution in [0.1, 0.15) is 11.4 Å². The van der Waals surface area contributed by atoms with Crippen LogP contribution in [-0.2, 0) is 20.1 Å². The number of anilines is 1. The molecule has 0 fully saturated rings. The molecule has 2 N–H and O–H groups in total. The Hall–Kier alpha value is -2.41. The Labute approximate surface area is 116 Å². The zero-order valence-corrected chi connectivity index (χ0v) is 11.5. The SMILES string of the molecule is CN(Cc1ccc([N+](=O)[O-])c(N)c1)Cc1nccn1C. The van der Waals surface area contributed by atoms with Crippen LogP contribution in [0.4, 0.5) is 11.4 Å². The Bertz CT molecular complexity index is 623. The number of nitrogens with zero attached hydrogens (tertiary/aromatic N) is 4. The lowest BCUT2D eigenvalue weighted by molar-refractivity contribution is -0.383. The van der Waals surface area contributed by atoms with Crippen molar-refractivity contribution in [1.29, 1.82) is 0 Å². The largest absolute Gasteiger partial charge is 0.393 e. The monoisotopic (exact) mass is 275 g/mol. The number of nitrogens with two attached hydrogens (primary N) is 1. The summed E-state index contributed by atoms with van der Waals surface area (Å²) in [6.45, 7) is 1.34. The Morgan fingerprint density at radius 3 is 2.75 bits per heavy atom. The Kier molecular flexibility index (Phi) is 3.99. The molecule has 1 aromatic carbocycles. The maximum Gasteiger partial charge on any atom is 0.292 e. The number of rotatable bonds is 5. The minimum Gasteiger partial charge on any atom is -0.393 e. The summed E-state index contributed by atoms with van der Waals surface area (Å²) in [7, 11) is 3.91. The van der Waals surface area contributed by atoms with Crippen LogP contribution in [0, 0.1) is 10.1 Å². The second kappa shape index (κ2) is 5.70. The van der Waals surface area contributed by atoms with Gasteiger partial charge in [0.05, 0.1) is 11.5 Å². The third kappa shape index (κ3) is 3.12. The van der Waals surface area contributed by atoms with Gasteiger partial charge in [-0.05, 0) is 18.7 Å². The molecule has 0 radical (unpaired) electrons. The highest BCUT2D eigenvalue weighted by molar-refractivity contribution is 5.59. The van der Waals surface area contributed by atoms with Gasteiger partial charge in [0.15, 0.2) is 0 Å². The maximum absolute atomic E-state index is 10.7. The van der Waals surface area contributed by atoms with Crippen LogP contribution in [0.2, 0.25) is 0 Å². The molecule has 0 spiro atoms. The van der Waals surface area contributed by atoms with E-state index in [1.165, 1.54) is 6.07 Å². The summed E-state index contributed by atoms with van der Waals surface area (Å²) in [5, 5.41) is 10.7. The lowest BCUT2D eigenvalue weighted by Gasteiger charge is -2.16. The van der Waals surface area contributed by atoms with E-state index >= 15 is 0 Å². The van der Waals surface area contributed by atoms with Gasteiger partial charge in [-0.2, -0.15) is 0 Å². The molecule has 0 aliphatic rings. The normalized spacial score (nSPS) is 10.9. The highest BCUT2D eigenvalue weighted by atomic mass is 16.6. The molecule has 0 aliphatic heterocycles. The van der Waals surface area contributed by atoms with Crippen molar-refractivity contribution in [2.75, 3.05) is 12.8 Å². The molecular weight excluding hydrogens is 258 g/mol. The molecule has 7 nitrogen and oxygen atoms in total. The molecule has 0 amide bonds. The number of benzene rings is 1. The van der Waals surface area contributed by atoms with Crippen LogP contribution in [0.3, 0.4) is 0 Å². The zero-order valence-electron chi connectivity index (χ0n) is 11.5. The lowest BCUT2D eigenvalue weighted by atomic mass is 10.1. The van der Waals surface area contributed by atoms with Crippen molar-refractivity contribution in [3.8, 4) is 0 Å². The Morgan fingerprint density at radius 1 is 1.45 bits per heavy atom. The van der Waals surface area contributed by atoms with Gasteiger partial charge in [0, 0.05) is 32.1 Å². The molecule has 7 heteroatoms. The molecule has 0 aliphatic carbocycles. The van der Waals surface area contributed by atoms with Crippen molar-refractivity contribution in [1.82, 2.24) is 14.5 Å². The van der Waals surface area contributed by atoms with Crippen molar-refractivity contribution in [2.45, 2.75) is 13.1 Å². The number of nitro benzene ring substituents is 1. The first-order valence-corrected chi connectivity index (χ1v) is 6.15. The molecule has 1 aromatic heterocycles. The number of hydrogen-bond donors (Lipinski definition) is 1. The average Bonchev–Trinajstić information content (AvgIpc) is 2.74. The van der Waals surface area contributed by atoms with Gasteiger partial charge in [0.2, 0.25) is 0 Å². The standard InChI is InChI=1S/C13H17N5O2/c1-16(9-13-15-5-6-17(13)2)8-10-3-4-12(18(19)20)11(14)7-10/h3-7H,8-9,14H2,1-2H3. The highest BCUT2D eigenvalue weighted by Crippen LogP contribution is 2.22. The molecule has 1 heterocycles. The van der Waals surface area contributed by atoms with Gasteiger partial charge < -0.3 is 10.3 Å². The first-order chi connectivity index (χ1) is 9.47. The fourth-order valence-electron chi connectivity index (χ4n) is 2.03. The van der Waals surface area contributed by atoms with E-state index in [2.05, 4.69) is 9.88 Å². The molecule has 0 atom stereocenters. The molecule has 20 heavy (non-hydrogen) atoms. The number of nitrogen functional groups attached to an aromatic ring is 1. The van der Waals surface area contributed by atoms with Crippen LogP contribution in [0.5, 0.6) is 0 Å². The third-order valence-electron chi connectivity index (χ3n) is 3.07. The predicted octanol–water partition coefficient (Wildman–Crippen LogP) is 1.54. The Morgan fingerprint density at radius 2 is 2.20 bits per heavy atom. The van der Waals surface area contributed by atoms with Crippen LogP contribution < -0.4 is 5.73 Å². The van der Waals surface area contributed by atoms with Crippen molar-refractivity contribution in [3.05, 3.63) is 52.1 Å². The summed E-state index contributed by atoms with van der Waals surface area (Å²) < 4.78 is 1.96. The number of aryl methyl sites for hydroxylation is 1. The summed E-state index contributed by atoms with van der Waals surface area (Å²) in [6.07, 6.45) is 3.65. The van der Waals surface area contributed by atoms with Gasteiger partial charge in [-0.25, -0.2) is 4.98 Å². The van der Waals surface area contributed by atoms with Gasteiger partial charge in [-0.3, -0.25) is 15.0 Å². The quantitative estimate of drug-likeness (QED) is 0.508. The molecule has 106 valence electrons. The molecular formula is C13H17N5O2. The van der Waals surface area contributed by atoms with E-state index in [1.807, 2.05) is 24.9 Å². The van der Waals surface area contributed by atoms with E-state index < -0.39 is 4.92 Å². The summed E-state index contributed by atoms with van der Waals surface area (Å²) in [5.41, 5.74) is 6.75. The van der Waals surface area contributed by atoms with Gasteiger partial charge in [-0.1, -0.05) is 6.07 Å². The predicted molar refractivity (Wildman–Crippen MR) is 75.9 cm³/mol. The summed E-state index contributed by atoms with van der Waals surface area (Å²) in [4.78, 5) is 16.6. The van der Waals surface area contributed by atoms with E-state index in [4.69, 9.17) is 5.73 Å². The maximum atomic E-state index is 10.7. The number of aromatic nitrogens is 2. The van der Waals surface area contributed by atoms with E-state index in [9.17, 15) is 10.1 Å². The molecule has 0 bridgehead atoms. The lowest BCUT2D eigenvalue weighted by Crippen LogP contribution is -2.19. The fourth-order valence-corrected chi connectivity index (χ4v) is 2.03. The zero-order chi connectivity index (χ0) is 14.7. The minimum absolute atomic E-state index is 0.0551. The smallest absolute Gasteiger partial charge is 0.292 e. The average molecular weight is 275 g/mol. The molecule has 2 rings (SSSR count). The van der Waals surface area contributed by atoms with Crippen LogP contribution in [0.15, 0.2) is 30.6 Å². The second-order valence-electron chi connectivity index (χ2n) is 4.78. The number of hydrogen-bond acceptors (Lipinski definition) is 5. The van der Waals surface area contributed by atoms with E-state index in [1.54, 1.807) is 18.3 Å². The Balaban J connectivity index is 2.05. The number of nitro groups is 1. The van der Waals surface area contributed by atoms with Gasteiger partial charge in [0.25, 0.3) is 5.69 Å². The fraction of sp³-hybridized carbons (Fsp3) is 0.308. The summed E-state index contributed by atoms with van der Waals surface area (Å²) in [5.74, 6) is 0.961.